The van der Waals surface area contributed by atoms with Crippen molar-refractivity contribution < 1.29 is 27.9 Å². The Balaban J connectivity index is 3.06. The van der Waals surface area contributed by atoms with Gasteiger partial charge in [0.15, 0.2) is 9.84 Å². The topological polar surface area (TPSA) is 110 Å². The van der Waals surface area contributed by atoms with Crippen molar-refractivity contribution >= 4 is 21.7 Å². The zero-order valence-electron chi connectivity index (χ0n) is 12.4. The van der Waals surface area contributed by atoms with Crippen LogP contribution < -0.4 is 5.32 Å². The number of carbonyl (C=O) groups is 2. The molecule has 0 aliphatic carbocycles. The van der Waals surface area contributed by atoms with Crippen molar-refractivity contribution in [1.82, 2.24) is 5.32 Å². The molecular weight excluding hydrogens is 310 g/mol. The van der Waals surface area contributed by atoms with Gasteiger partial charge in [0.1, 0.15) is 6.04 Å². The maximum Gasteiger partial charge on any atom is 0.326 e. The summed E-state index contributed by atoms with van der Waals surface area (Å²) in [4.78, 5) is 23.2. The van der Waals surface area contributed by atoms with Crippen LogP contribution in [0.15, 0.2) is 29.2 Å². The molecule has 1 atom stereocenters. The molecule has 122 valence electrons. The van der Waals surface area contributed by atoms with Gasteiger partial charge >= 0.3 is 5.97 Å². The molecule has 0 heterocycles. The smallest absolute Gasteiger partial charge is 0.326 e. The lowest BCUT2D eigenvalue weighted by Gasteiger charge is -2.15. The van der Waals surface area contributed by atoms with Gasteiger partial charge in [-0.05, 0) is 12.1 Å². The van der Waals surface area contributed by atoms with Crippen LogP contribution in [0, 0.1) is 0 Å². The van der Waals surface area contributed by atoms with Gasteiger partial charge in [-0.2, -0.15) is 0 Å². The minimum absolute atomic E-state index is 0.0620. The van der Waals surface area contributed by atoms with E-state index in [2.05, 4.69) is 5.32 Å². The van der Waals surface area contributed by atoms with Gasteiger partial charge in [-0.25, -0.2) is 13.2 Å². The van der Waals surface area contributed by atoms with Crippen molar-refractivity contribution in [3.63, 3.8) is 0 Å². The molecule has 0 spiro atoms. The first-order valence-electron chi connectivity index (χ1n) is 6.67. The number of methoxy groups -OCH3 is 1. The number of ether oxygens (including phenoxy) is 1. The van der Waals surface area contributed by atoms with E-state index < -0.39 is 27.8 Å². The standard InChI is InChI=1S/C14H19NO6S/c1-3-22(19,20)12-7-5-4-6-10(12)13(16)15-11(14(17)18)8-9-21-2/h4-7,11H,3,8-9H2,1-2H3,(H,15,16)(H,17,18). The number of nitrogens with one attached hydrogen (secondary N) is 1. The van der Waals surface area contributed by atoms with Crippen molar-refractivity contribution in [1.29, 1.82) is 0 Å². The Kier molecular flexibility index (Phi) is 6.51. The Bertz CT molecular complexity index is 640. The largest absolute Gasteiger partial charge is 0.480 e. The van der Waals surface area contributed by atoms with E-state index in [-0.39, 0.29) is 29.2 Å². The maximum absolute atomic E-state index is 12.2. The summed E-state index contributed by atoms with van der Waals surface area (Å²) in [6.07, 6.45) is 0.0836. The first kappa shape index (κ1) is 18.1. The quantitative estimate of drug-likeness (QED) is 0.726. The summed E-state index contributed by atoms with van der Waals surface area (Å²) >= 11 is 0. The first-order chi connectivity index (χ1) is 10.3. The van der Waals surface area contributed by atoms with E-state index in [1.807, 2.05) is 0 Å². The number of carboxylic acid groups (broad SMARTS) is 1. The second-order valence-corrected chi connectivity index (χ2v) is 6.79. The molecule has 0 aromatic heterocycles. The van der Waals surface area contributed by atoms with Crippen LogP contribution in [0.25, 0.3) is 0 Å². The summed E-state index contributed by atoms with van der Waals surface area (Å²) in [6, 6.07) is 4.57. The molecule has 2 N–H and O–H groups in total. The molecule has 1 aromatic rings. The molecule has 0 radical (unpaired) electrons. The number of rotatable bonds is 8. The second-order valence-electron chi connectivity index (χ2n) is 4.55. The Labute approximate surface area is 129 Å². The van der Waals surface area contributed by atoms with E-state index >= 15 is 0 Å². The van der Waals surface area contributed by atoms with Crippen LogP contribution in [-0.2, 0) is 19.4 Å². The van der Waals surface area contributed by atoms with Gasteiger partial charge in [0.25, 0.3) is 5.91 Å². The summed E-state index contributed by atoms with van der Waals surface area (Å²) in [5.41, 5.74) is -0.0620. The number of aliphatic carboxylic acids is 1. The summed E-state index contributed by atoms with van der Waals surface area (Å²) in [6.45, 7) is 1.63. The fraction of sp³-hybridized carbons (Fsp3) is 0.429. The fourth-order valence-corrected chi connectivity index (χ4v) is 2.90. The molecular formula is C14H19NO6S. The van der Waals surface area contributed by atoms with Gasteiger partial charge in [-0.3, -0.25) is 4.79 Å². The average Bonchev–Trinajstić information content (AvgIpc) is 2.50. The van der Waals surface area contributed by atoms with Crippen LogP contribution in [-0.4, -0.2) is 50.9 Å². The van der Waals surface area contributed by atoms with Crippen LogP contribution in [0.2, 0.25) is 0 Å². The summed E-state index contributed by atoms with van der Waals surface area (Å²) in [7, 11) is -2.16. The lowest BCUT2D eigenvalue weighted by Crippen LogP contribution is -2.41. The number of hydrogen-bond acceptors (Lipinski definition) is 5. The van der Waals surface area contributed by atoms with Crippen LogP contribution in [0.1, 0.15) is 23.7 Å². The van der Waals surface area contributed by atoms with E-state index in [1.165, 1.54) is 38.3 Å². The zero-order valence-corrected chi connectivity index (χ0v) is 13.2. The van der Waals surface area contributed by atoms with Gasteiger partial charge in [0.05, 0.1) is 16.2 Å². The number of sulfone groups is 1. The van der Waals surface area contributed by atoms with Gasteiger partial charge in [-0.15, -0.1) is 0 Å². The third-order valence-corrected chi connectivity index (χ3v) is 4.85. The van der Waals surface area contributed by atoms with Crippen molar-refractivity contribution in [3.05, 3.63) is 29.8 Å². The van der Waals surface area contributed by atoms with Crippen molar-refractivity contribution in [2.45, 2.75) is 24.3 Å². The lowest BCUT2D eigenvalue weighted by molar-refractivity contribution is -0.139. The number of benzene rings is 1. The highest BCUT2D eigenvalue weighted by molar-refractivity contribution is 7.91. The normalized spacial score (nSPS) is 12.6. The highest BCUT2D eigenvalue weighted by Crippen LogP contribution is 2.17. The first-order valence-corrected chi connectivity index (χ1v) is 8.33. The molecule has 0 saturated heterocycles. The minimum Gasteiger partial charge on any atom is -0.480 e. The van der Waals surface area contributed by atoms with E-state index in [0.717, 1.165) is 0 Å². The summed E-state index contributed by atoms with van der Waals surface area (Å²) in [5.74, 6) is -2.10. The number of carbonyl (C=O) groups excluding carboxylic acids is 1. The third kappa shape index (κ3) is 4.54. The maximum atomic E-state index is 12.2. The highest BCUT2D eigenvalue weighted by atomic mass is 32.2. The van der Waals surface area contributed by atoms with Crippen LogP contribution in [0.3, 0.4) is 0 Å². The predicted octanol–water partition coefficient (Wildman–Crippen LogP) is 0.700. The fourth-order valence-electron chi connectivity index (χ4n) is 1.81. The minimum atomic E-state index is -3.58. The average molecular weight is 329 g/mol. The van der Waals surface area contributed by atoms with Gasteiger partial charge in [0, 0.05) is 20.1 Å². The molecule has 0 saturated carbocycles. The molecule has 0 bridgehead atoms. The van der Waals surface area contributed by atoms with Crippen molar-refractivity contribution in [2.24, 2.45) is 0 Å². The van der Waals surface area contributed by atoms with Crippen molar-refractivity contribution in [2.75, 3.05) is 19.5 Å². The van der Waals surface area contributed by atoms with Gasteiger partial charge in [0.2, 0.25) is 0 Å². The molecule has 1 amide bonds. The van der Waals surface area contributed by atoms with E-state index in [0.29, 0.717) is 0 Å². The molecule has 1 aromatic carbocycles. The van der Waals surface area contributed by atoms with Gasteiger partial charge in [-0.1, -0.05) is 19.1 Å². The number of amides is 1. The molecule has 0 aliphatic heterocycles. The number of carboxylic acids is 1. The van der Waals surface area contributed by atoms with Crippen LogP contribution in [0.4, 0.5) is 0 Å². The Morgan fingerprint density at radius 3 is 2.50 bits per heavy atom. The highest BCUT2D eigenvalue weighted by Gasteiger charge is 2.25. The zero-order chi connectivity index (χ0) is 16.8. The van der Waals surface area contributed by atoms with Crippen LogP contribution >= 0.6 is 0 Å². The van der Waals surface area contributed by atoms with E-state index in [1.54, 1.807) is 0 Å². The third-order valence-electron chi connectivity index (χ3n) is 3.06. The number of hydrogen-bond donors (Lipinski definition) is 2. The van der Waals surface area contributed by atoms with Crippen LogP contribution in [0.5, 0.6) is 0 Å². The Morgan fingerprint density at radius 1 is 1.32 bits per heavy atom. The summed E-state index contributed by atoms with van der Waals surface area (Å²) in [5, 5.41) is 11.4. The molecule has 7 nitrogen and oxygen atoms in total. The molecule has 1 rings (SSSR count). The van der Waals surface area contributed by atoms with E-state index in [9.17, 15) is 18.0 Å². The molecule has 8 heteroatoms. The predicted molar refractivity (Wildman–Crippen MR) is 79.6 cm³/mol. The van der Waals surface area contributed by atoms with E-state index in [4.69, 9.17) is 9.84 Å². The molecule has 0 aliphatic rings. The molecule has 1 unspecified atom stereocenters. The molecule has 0 fully saturated rings. The monoisotopic (exact) mass is 329 g/mol. The Hall–Kier alpha value is -1.93. The SMILES string of the molecule is CCS(=O)(=O)c1ccccc1C(=O)NC(CCOC)C(=O)O. The molecule has 22 heavy (non-hydrogen) atoms. The van der Waals surface area contributed by atoms with Crippen molar-refractivity contribution in [3.8, 4) is 0 Å². The van der Waals surface area contributed by atoms with Gasteiger partial charge < -0.3 is 15.2 Å². The lowest BCUT2D eigenvalue weighted by atomic mass is 10.1. The summed E-state index contributed by atoms with van der Waals surface area (Å²) < 4.78 is 28.8. The second kappa shape index (κ2) is 7.90. The Morgan fingerprint density at radius 2 is 1.95 bits per heavy atom.